The van der Waals surface area contributed by atoms with Crippen LogP contribution >= 0.6 is 0 Å². The molecule has 96 valence electrons. The predicted molar refractivity (Wildman–Crippen MR) is 69.8 cm³/mol. The minimum absolute atomic E-state index is 0.241. The van der Waals surface area contributed by atoms with Crippen LogP contribution in [0.4, 0.5) is 0 Å². The number of unbranched alkanes of at least 4 members (excludes halogenated alkanes) is 2. The van der Waals surface area contributed by atoms with Crippen LogP contribution in [0.5, 0.6) is 0 Å². The minimum Gasteiger partial charge on any atom is -0.303 e. The van der Waals surface area contributed by atoms with Crippen molar-refractivity contribution in [3.8, 4) is 0 Å². The molecule has 0 spiro atoms. The molecule has 0 amide bonds. The number of nitrogens with zero attached hydrogens (tertiary/aromatic N) is 1. The third-order valence-corrected chi connectivity index (χ3v) is 2.65. The molecule has 1 rings (SSSR count). The van der Waals surface area contributed by atoms with E-state index in [-0.39, 0.29) is 10.6 Å². The highest BCUT2D eigenvalue weighted by Gasteiger charge is 2.09. The van der Waals surface area contributed by atoms with E-state index in [1.54, 1.807) is 6.08 Å². The van der Waals surface area contributed by atoms with Crippen LogP contribution in [-0.2, 0) is 11.2 Å². The summed E-state index contributed by atoms with van der Waals surface area (Å²) in [7, 11) is 0. The molecule has 0 bridgehead atoms. The van der Waals surface area contributed by atoms with Crippen LogP contribution in [-0.4, -0.2) is 11.2 Å². The Kier molecular flexibility index (Phi) is 6.40. The van der Waals surface area contributed by atoms with Gasteiger partial charge in [-0.3, -0.25) is 10.1 Å². The Hall–Kier alpha value is -1.97. The summed E-state index contributed by atoms with van der Waals surface area (Å²) in [5, 5.41) is 10.9. The second kappa shape index (κ2) is 8.17. The minimum atomic E-state index is -0.330. The van der Waals surface area contributed by atoms with Crippen LogP contribution in [0.15, 0.2) is 42.1 Å². The lowest BCUT2D eigenvalue weighted by Crippen LogP contribution is -2.00. The van der Waals surface area contributed by atoms with Crippen molar-refractivity contribution in [2.75, 3.05) is 0 Å². The lowest BCUT2D eigenvalue weighted by Gasteiger charge is -2.00. The van der Waals surface area contributed by atoms with Gasteiger partial charge in [-0.15, -0.1) is 0 Å². The third-order valence-electron chi connectivity index (χ3n) is 2.65. The van der Waals surface area contributed by atoms with E-state index in [0.29, 0.717) is 32.1 Å². The summed E-state index contributed by atoms with van der Waals surface area (Å²) in [6.07, 6.45) is 5.28. The molecule has 0 heterocycles. The van der Waals surface area contributed by atoms with E-state index in [0.717, 1.165) is 11.8 Å². The van der Waals surface area contributed by atoms with Crippen LogP contribution in [0, 0.1) is 10.1 Å². The summed E-state index contributed by atoms with van der Waals surface area (Å²) in [5.41, 5.74) is 1.34. The molecule has 4 nitrogen and oxygen atoms in total. The Morgan fingerprint density at radius 3 is 2.56 bits per heavy atom. The van der Waals surface area contributed by atoms with Crippen molar-refractivity contribution < 1.29 is 9.72 Å². The van der Waals surface area contributed by atoms with Gasteiger partial charge in [0.25, 0.3) is 0 Å². The van der Waals surface area contributed by atoms with E-state index < -0.39 is 0 Å². The SMILES string of the molecule is O=CCCC/C=C(/CCc1ccccc1)[N+](=O)[O-]. The molecular formula is C14H17NO3. The summed E-state index contributed by atoms with van der Waals surface area (Å²) in [6.45, 7) is 0. The van der Waals surface area contributed by atoms with Crippen molar-refractivity contribution in [1.82, 2.24) is 0 Å². The maximum atomic E-state index is 10.9. The molecule has 0 saturated heterocycles. The molecule has 18 heavy (non-hydrogen) atoms. The Morgan fingerprint density at radius 2 is 1.94 bits per heavy atom. The van der Waals surface area contributed by atoms with Crippen molar-refractivity contribution in [2.24, 2.45) is 0 Å². The van der Waals surface area contributed by atoms with E-state index in [9.17, 15) is 14.9 Å². The van der Waals surface area contributed by atoms with Gasteiger partial charge in [-0.1, -0.05) is 30.3 Å². The number of rotatable bonds is 8. The van der Waals surface area contributed by atoms with Crippen molar-refractivity contribution in [3.63, 3.8) is 0 Å². The third kappa shape index (κ3) is 5.39. The molecule has 0 unspecified atom stereocenters. The molecule has 1 aromatic rings. The number of nitro groups is 1. The monoisotopic (exact) mass is 247 g/mol. The first-order valence-corrected chi connectivity index (χ1v) is 6.05. The molecule has 0 fully saturated rings. The largest absolute Gasteiger partial charge is 0.303 e. The number of hydrogen-bond acceptors (Lipinski definition) is 3. The highest BCUT2D eigenvalue weighted by Crippen LogP contribution is 2.11. The topological polar surface area (TPSA) is 60.2 Å². The second-order valence-corrected chi connectivity index (χ2v) is 4.04. The molecule has 1 aromatic carbocycles. The molecule has 0 aromatic heterocycles. The molecule has 0 atom stereocenters. The fourth-order valence-corrected chi connectivity index (χ4v) is 1.65. The van der Waals surface area contributed by atoms with Gasteiger partial charge in [0.1, 0.15) is 6.29 Å². The van der Waals surface area contributed by atoms with Gasteiger partial charge in [0.05, 0.1) is 4.92 Å². The van der Waals surface area contributed by atoms with Crippen LogP contribution in [0.1, 0.15) is 31.2 Å². The number of allylic oxidation sites excluding steroid dienone is 2. The van der Waals surface area contributed by atoms with E-state index in [1.807, 2.05) is 30.3 Å². The van der Waals surface area contributed by atoms with Crippen molar-refractivity contribution in [2.45, 2.75) is 32.1 Å². The molecule has 0 aliphatic carbocycles. The summed E-state index contributed by atoms with van der Waals surface area (Å²) in [6, 6.07) is 9.70. The molecule has 0 aliphatic rings. The average Bonchev–Trinajstić information content (AvgIpc) is 2.38. The van der Waals surface area contributed by atoms with Crippen LogP contribution < -0.4 is 0 Å². The van der Waals surface area contributed by atoms with E-state index in [1.165, 1.54) is 0 Å². The molecule has 0 radical (unpaired) electrons. The number of carbonyl (C=O) groups is 1. The fourth-order valence-electron chi connectivity index (χ4n) is 1.65. The van der Waals surface area contributed by atoms with Gasteiger partial charge >= 0.3 is 0 Å². The van der Waals surface area contributed by atoms with Crippen molar-refractivity contribution in [1.29, 1.82) is 0 Å². The summed E-state index contributed by atoms with van der Waals surface area (Å²) in [5.74, 6) is 0. The van der Waals surface area contributed by atoms with Crippen molar-refractivity contribution in [3.05, 3.63) is 57.8 Å². The highest BCUT2D eigenvalue weighted by atomic mass is 16.6. The van der Waals surface area contributed by atoms with Gasteiger partial charge in [-0.05, 0) is 30.9 Å². The quantitative estimate of drug-likeness (QED) is 0.307. The highest BCUT2D eigenvalue weighted by molar-refractivity contribution is 5.49. The molecule has 0 N–H and O–H groups in total. The van der Waals surface area contributed by atoms with Gasteiger partial charge in [0.15, 0.2) is 0 Å². The number of benzene rings is 1. The average molecular weight is 247 g/mol. The molecule has 0 aliphatic heterocycles. The predicted octanol–water partition coefficient (Wildman–Crippen LogP) is 3.15. The van der Waals surface area contributed by atoms with Crippen LogP contribution in [0.3, 0.4) is 0 Å². The Balaban J connectivity index is 2.48. The van der Waals surface area contributed by atoms with Crippen molar-refractivity contribution >= 4 is 6.29 Å². The Bertz CT molecular complexity index is 412. The summed E-state index contributed by atoms with van der Waals surface area (Å²) >= 11 is 0. The molecular weight excluding hydrogens is 230 g/mol. The smallest absolute Gasteiger partial charge is 0.242 e. The lowest BCUT2D eigenvalue weighted by atomic mass is 10.1. The second-order valence-electron chi connectivity index (χ2n) is 4.04. The van der Waals surface area contributed by atoms with Crippen LogP contribution in [0.2, 0.25) is 0 Å². The van der Waals surface area contributed by atoms with E-state index in [4.69, 9.17) is 0 Å². The van der Waals surface area contributed by atoms with Crippen LogP contribution in [0.25, 0.3) is 0 Å². The maximum absolute atomic E-state index is 10.9. The number of aryl methyl sites for hydroxylation is 1. The number of carbonyl (C=O) groups excluding carboxylic acids is 1. The molecule has 4 heteroatoms. The number of aldehydes is 1. The van der Waals surface area contributed by atoms with Gasteiger partial charge in [0.2, 0.25) is 5.70 Å². The van der Waals surface area contributed by atoms with Gasteiger partial charge in [0, 0.05) is 12.8 Å². The zero-order chi connectivity index (χ0) is 13.2. The first-order chi connectivity index (χ1) is 8.74. The van der Waals surface area contributed by atoms with Gasteiger partial charge in [-0.2, -0.15) is 0 Å². The lowest BCUT2D eigenvalue weighted by molar-refractivity contribution is -0.428. The molecule has 0 saturated carbocycles. The normalized spacial score (nSPS) is 11.2. The zero-order valence-electron chi connectivity index (χ0n) is 10.2. The first-order valence-electron chi connectivity index (χ1n) is 6.05. The first kappa shape index (κ1) is 14.1. The van der Waals surface area contributed by atoms with E-state index >= 15 is 0 Å². The number of hydrogen-bond donors (Lipinski definition) is 0. The van der Waals surface area contributed by atoms with Gasteiger partial charge < -0.3 is 4.79 Å². The van der Waals surface area contributed by atoms with Gasteiger partial charge in [-0.25, -0.2) is 0 Å². The summed E-state index contributed by atoms with van der Waals surface area (Å²) in [4.78, 5) is 20.7. The summed E-state index contributed by atoms with van der Waals surface area (Å²) < 4.78 is 0. The fraction of sp³-hybridized carbons (Fsp3) is 0.357. The maximum Gasteiger partial charge on any atom is 0.242 e. The Morgan fingerprint density at radius 1 is 1.22 bits per heavy atom. The zero-order valence-corrected chi connectivity index (χ0v) is 10.2. The van der Waals surface area contributed by atoms with E-state index in [2.05, 4.69) is 0 Å². The standard InChI is InChI=1S/C14H17NO3/c16-12-6-2-5-9-14(15(17)18)11-10-13-7-3-1-4-8-13/h1,3-4,7-9,12H,2,5-6,10-11H2/b14-9-. The Labute approximate surface area is 106 Å².